The van der Waals surface area contributed by atoms with E-state index in [1.54, 1.807) is 0 Å². The van der Waals surface area contributed by atoms with Gasteiger partial charge in [0.25, 0.3) is 0 Å². The average molecular weight is 114 g/mol. The number of nitrogens with zero attached hydrogens (tertiary/aromatic N) is 1. The van der Waals surface area contributed by atoms with Crippen LogP contribution in [0.5, 0.6) is 0 Å². The number of hydrogen-bond acceptors (Lipinski definition) is 4. The SMILES string of the molecule is [O-]C1=CN(O)OC=C1. The fourth-order valence-electron chi connectivity index (χ4n) is 0.342. The Morgan fingerprint density at radius 2 is 2.50 bits per heavy atom. The molecule has 4 heteroatoms. The zero-order valence-electron chi connectivity index (χ0n) is 3.94. The second-order valence-corrected chi connectivity index (χ2v) is 1.24. The zero-order chi connectivity index (χ0) is 5.98. The van der Waals surface area contributed by atoms with Crippen LogP contribution < -0.4 is 5.11 Å². The minimum atomic E-state index is -0.293. The van der Waals surface area contributed by atoms with Gasteiger partial charge in [-0.25, -0.2) is 0 Å². The number of allylic oxidation sites excluding steroid dienone is 1. The largest absolute Gasteiger partial charge is 0.871 e. The molecule has 1 aliphatic heterocycles. The van der Waals surface area contributed by atoms with Crippen LogP contribution in [0.25, 0.3) is 0 Å². The van der Waals surface area contributed by atoms with E-state index in [9.17, 15) is 5.11 Å². The summed E-state index contributed by atoms with van der Waals surface area (Å²) in [6.45, 7) is 0. The maximum atomic E-state index is 10.2. The molecule has 1 N–H and O–H groups in total. The van der Waals surface area contributed by atoms with Crippen molar-refractivity contribution in [3.8, 4) is 0 Å². The Balaban J connectivity index is 2.63. The third-order valence-electron chi connectivity index (χ3n) is 0.639. The molecule has 0 fully saturated rings. The maximum absolute atomic E-state index is 10.2. The highest BCUT2D eigenvalue weighted by atomic mass is 16.9. The van der Waals surface area contributed by atoms with Gasteiger partial charge in [0.15, 0.2) is 0 Å². The Hall–Kier alpha value is -1.16. The molecule has 0 aliphatic carbocycles. The fourth-order valence-corrected chi connectivity index (χ4v) is 0.342. The summed E-state index contributed by atoms with van der Waals surface area (Å²) in [7, 11) is 0. The quantitative estimate of drug-likeness (QED) is 0.454. The highest BCUT2D eigenvalue weighted by molar-refractivity contribution is 5.06. The Kier molecular flexibility index (Phi) is 1.09. The summed E-state index contributed by atoms with van der Waals surface area (Å²) in [5.74, 6) is -0.293. The molecular weight excluding hydrogens is 110 g/mol. The summed E-state index contributed by atoms with van der Waals surface area (Å²) in [6.07, 6.45) is 3.22. The van der Waals surface area contributed by atoms with Gasteiger partial charge in [0.1, 0.15) is 6.26 Å². The molecule has 0 amide bonds. The highest BCUT2D eigenvalue weighted by Gasteiger charge is 1.92. The van der Waals surface area contributed by atoms with E-state index in [1.807, 2.05) is 0 Å². The van der Waals surface area contributed by atoms with Crippen LogP contribution >= 0.6 is 0 Å². The Bertz CT molecular complexity index is 140. The van der Waals surface area contributed by atoms with Gasteiger partial charge in [0.05, 0.1) is 6.20 Å². The summed E-state index contributed by atoms with van der Waals surface area (Å²) in [5, 5.41) is 19.0. The summed E-state index contributed by atoms with van der Waals surface area (Å²) >= 11 is 0. The predicted molar refractivity (Wildman–Crippen MR) is 21.9 cm³/mol. The molecular formula is C4H4NO3-. The Labute approximate surface area is 45.8 Å². The van der Waals surface area contributed by atoms with E-state index < -0.39 is 0 Å². The molecule has 0 saturated carbocycles. The number of rotatable bonds is 0. The van der Waals surface area contributed by atoms with Crippen molar-refractivity contribution in [3.05, 3.63) is 24.3 Å². The number of hydrogen-bond donors (Lipinski definition) is 1. The van der Waals surface area contributed by atoms with E-state index >= 15 is 0 Å². The lowest BCUT2D eigenvalue weighted by molar-refractivity contribution is -0.322. The smallest absolute Gasteiger partial charge is 0.122 e. The third-order valence-corrected chi connectivity index (χ3v) is 0.639. The van der Waals surface area contributed by atoms with Crippen molar-refractivity contribution < 1.29 is 15.2 Å². The Morgan fingerprint density at radius 3 is 2.88 bits per heavy atom. The van der Waals surface area contributed by atoms with Gasteiger partial charge in [-0.15, -0.1) is 0 Å². The lowest BCUT2D eigenvalue weighted by Gasteiger charge is -2.17. The van der Waals surface area contributed by atoms with Crippen molar-refractivity contribution in [1.82, 2.24) is 5.23 Å². The maximum Gasteiger partial charge on any atom is 0.122 e. The van der Waals surface area contributed by atoms with E-state index in [4.69, 9.17) is 5.21 Å². The number of hydroxylamine groups is 2. The van der Waals surface area contributed by atoms with Gasteiger partial charge in [-0.3, -0.25) is 5.21 Å². The molecule has 0 unspecified atom stereocenters. The molecule has 0 radical (unpaired) electrons. The van der Waals surface area contributed by atoms with Gasteiger partial charge < -0.3 is 9.94 Å². The highest BCUT2D eigenvalue weighted by Crippen LogP contribution is 1.98. The molecule has 0 aromatic rings. The van der Waals surface area contributed by atoms with Crippen LogP contribution in [0.3, 0.4) is 0 Å². The van der Waals surface area contributed by atoms with Crippen molar-refractivity contribution in [2.45, 2.75) is 0 Å². The summed E-state index contributed by atoms with van der Waals surface area (Å²) < 4.78 is 0. The monoisotopic (exact) mass is 114 g/mol. The normalized spacial score (nSPS) is 17.6. The summed E-state index contributed by atoms with van der Waals surface area (Å²) in [6, 6.07) is 0. The van der Waals surface area contributed by atoms with E-state index in [0.29, 0.717) is 5.23 Å². The first-order valence-corrected chi connectivity index (χ1v) is 1.99. The van der Waals surface area contributed by atoms with Gasteiger partial charge in [0.2, 0.25) is 0 Å². The molecule has 0 spiro atoms. The molecule has 1 heterocycles. The first kappa shape index (κ1) is 4.99. The van der Waals surface area contributed by atoms with Crippen LogP contribution in [-0.2, 0) is 4.84 Å². The first-order valence-electron chi connectivity index (χ1n) is 1.99. The Morgan fingerprint density at radius 1 is 1.75 bits per heavy atom. The molecule has 0 aromatic heterocycles. The molecule has 0 atom stereocenters. The van der Waals surface area contributed by atoms with Crippen LogP contribution in [0.2, 0.25) is 0 Å². The van der Waals surface area contributed by atoms with Crippen LogP contribution in [0.1, 0.15) is 0 Å². The average Bonchev–Trinajstić information content (AvgIpc) is 1.64. The third kappa shape index (κ3) is 0.913. The summed E-state index contributed by atoms with van der Waals surface area (Å²) in [5.41, 5.74) is 0. The molecule has 1 rings (SSSR count). The minimum absolute atomic E-state index is 0.293. The molecule has 8 heavy (non-hydrogen) atoms. The second kappa shape index (κ2) is 1.75. The first-order chi connectivity index (χ1) is 3.79. The van der Waals surface area contributed by atoms with Crippen LogP contribution in [-0.4, -0.2) is 10.4 Å². The van der Waals surface area contributed by atoms with Gasteiger partial charge in [-0.2, -0.15) is 0 Å². The lowest BCUT2D eigenvalue weighted by atomic mass is 10.5. The molecule has 4 nitrogen and oxygen atoms in total. The molecule has 0 saturated heterocycles. The van der Waals surface area contributed by atoms with Gasteiger partial charge in [0, 0.05) is 0 Å². The van der Waals surface area contributed by atoms with Crippen molar-refractivity contribution in [3.63, 3.8) is 0 Å². The minimum Gasteiger partial charge on any atom is -0.871 e. The van der Waals surface area contributed by atoms with Crippen molar-refractivity contribution in [2.75, 3.05) is 0 Å². The molecule has 44 valence electrons. The zero-order valence-corrected chi connectivity index (χ0v) is 3.94. The van der Waals surface area contributed by atoms with E-state index in [-0.39, 0.29) is 5.76 Å². The fraction of sp³-hybridized carbons (Fsp3) is 0. The lowest BCUT2D eigenvalue weighted by Crippen LogP contribution is -2.16. The molecule has 1 aliphatic rings. The molecule has 0 aromatic carbocycles. The van der Waals surface area contributed by atoms with Gasteiger partial charge in [-0.1, -0.05) is 11.0 Å². The van der Waals surface area contributed by atoms with Crippen molar-refractivity contribution in [1.29, 1.82) is 0 Å². The van der Waals surface area contributed by atoms with Crippen molar-refractivity contribution >= 4 is 0 Å². The van der Waals surface area contributed by atoms with Gasteiger partial charge >= 0.3 is 0 Å². The van der Waals surface area contributed by atoms with E-state index in [2.05, 4.69) is 4.84 Å². The standard InChI is InChI=1S/C4H5NO3/c6-4-1-2-8-5(7)3-4/h1-3,6-7H/p-1. The van der Waals surface area contributed by atoms with Crippen LogP contribution in [0.15, 0.2) is 24.3 Å². The predicted octanol–water partition coefficient (Wildman–Crippen LogP) is -0.662. The summed E-state index contributed by atoms with van der Waals surface area (Å²) in [4.78, 5) is 4.28. The van der Waals surface area contributed by atoms with Gasteiger partial charge in [-0.05, 0) is 6.08 Å². The van der Waals surface area contributed by atoms with Crippen LogP contribution in [0, 0.1) is 0 Å². The molecule has 0 bridgehead atoms. The van der Waals surface area contributed by atoms with Crippen molar-refractivity contribution in [2.24, 2.45) is 0 Å². The van der Waals surface area contributed by atoms with Crippen LogP contribution in [0.4, 0.5) is 0 Å². The van der Waals surface area contributed by atoms with E-state index in [1.165, 1.54) is 6.08 Å². The van der Waals surface area contributed by atoms with E-state index in [0.717, 1.165) is 12.5 Å². The second-order valence-electron chi connectivity index (χ2n) is 1.24. The topological polar surface area (TPSA) is 55.8 Å².